The zero-order chi connectivity index (χ0) is 24.2. The molecule has 1 aliphatic heterocycles. The molecular formula is C22H28N6O5S. The molecule has 0 radical (unpaired) electrons. The second-order valence-corrected chi connectivity index (χ2v) is 9.53. The molecule has 34 heavy (non-hydrogen) atoms. The van der Waals surface area contributed by atoms with Crippen molar-refractivity contribution in [1.82, 2.24) is 19.9 Å². The highest BCUT2D eigenvalue weighted by atomic mass is 32.2. The van der Waals surface area contributed by atoms with Gasteiger partial charge >= 0.3 is 0 Å². The van der Waals surface area contributed by atoms with Gasteiger partial charge in [-0.3, -0.25) is 4.90 Å². The van der Waals surface area contributed by atoms with Gasteiger partial charge in [0.15, 0.2) is 11.3 Å². The number of hydrogen-bond acceptors (Lipinski definition) is 11. The summed E-state index contributed by atoms with van der Waals surface area (Å²) in [5.41, 5.74) is 1.65. The average molecular weight is 489 g/mol. The molecule has 11 nitrogen and oxygen atoms in total. The van der Waals surface area contributed by atoms with Gasteiger partial charge in [-0.05, 0) is 19.9 Å². The number of anilines is 2. The van der Waals surface area contributed by atoms with E-state index in [0.717, 1.165) is 5.56 Å². The molecule has 1 saturated heterocycles. The second kappa shape index (κ2) is 10.6. The third kappa shape index (κ3) is 5.09. The van der Waals surface area contributed by atoms with Crippen molar-refractivity contribution in [2.24, 2.45) is 0 Å². The van der Waals surface area contributed by atoms with Crippen LogP contribution in [0.25, 0.3) is 11.0 Å². The van der Waals surface area contributed by atoms with E-state index in [-0.39, 0.29) is 18.4 Å². The fourth-order valence-electron chi connectivity index (χ4n) is 3.81. The first-order valence-corrected chi connectivity index (χ1v) is 12.4. The summed E-state index contributed by atoms with van der Waals surface area (Å²) in [6, 6.07) is 7.50. The topological polar surface area (TPSA) is 140 Å². The Kier molecular flexibility index (Phi) is 7.51. The molecule has 182 valence electrons. The van der Waals surface area contributed by atoms with Crippen LogP contribution in [-0.4, -0.2) is 78.9 Å². The number of para-hydroxylation sites is 1. The van der Waals surface area contributed by atoms with E-state index in [1.807, 2.05) is 29.2 Å². The lowest BCUT2D eigenvalue weighted by Crippen LogP contribution is -2.43. The summed E-state index contributed by atoms with van der Waals surface area (Å²) in [7, 11) is 1.59. The molecule has 0 spiro atoms. The predicted octanol–water partition coefficient (Wildman–Crippen LogP) is 1.06. The van der Waals surface area contributed by atoms with Crippen LogP contribution in [0.4, 0.5) is 11.8 Å². The molecule has 12 heteroatoms. The average Bonchev–Trinajstić information content (AvgIpc) is 2.82. The van der Waals surface area contributed by atoms with Gasteiger partial charge in [0.25, 0.3) is 0 Å². The number of methoxy groups -OCH3 is 1. The van der Waals surface area contributed by atoms with Crippen LogP contribution in [0.3, 0.4) is 0 Å². The molecule has 0 aliphatic carbocycles. The fraction of sp³-hybridized carbons (Fsp3) is 0.455. The maximum Gasteiger partial charge on any atom is 0.244 e. The minimum Gasteiger partial charge on any atom is -0.616 e. The smallest absolute Gasteiger partial charge is 0.244 e. The number of benzene rings is 1. The Morgan fingerprint density at radius 1 is 1.09 bits per heavy atom. The summed E-state index contributed by atoms with van der Waals surface area (Å²) in [6.45, 7) is 4.28. The van der Waals surface area contributed by atoms with Crippen molar-refractivity contribution in [3.63, 3.8) is 0 Å². The SMILES string of the molecule is COc1ccccc1COc1ncnc2c(N3CC[S+]([O-])CC3)nc(N(C(C)O)C(C)O)nc12. The van der Waals surface area contributed by atoms with E-state index in [1.54, 1.807) is 7.11 Å². The van der Waals surface area contributed by atoms with E-state index in [2.05, 4.69) is 19.9 Å². The van der Waals surface area contributed by atoms with Gasteiger partial charge in [0.1, 0.15) is 48.2 Å². The quantitative estimate of drug-likeness (QED) is 0.347. The Hall–Kier alpha value is -2.93. The Balaban J connectivity index is 1.79. The summed E-state index contributed by atoms with van der Waals surface area (Å²) in [5.74, 6) is 2.56. The van der Waals surface area contributed by atoms with E-state index in [0.29, 0.717) is 47.2 Å². The highest BCUT2D eigenvalue weighted by molar-refractivity contribution is 7.91. The summed E-state index contributed by atoms with van der Waals surface area (Å²) < 4.78 is 23.3. The third-order valence-corrected chi connectivity index (χ3v) is 6.76. The lowest BCUT2D eigenvalue weighted by Gasteiger charge is -2.32. The minimum atomic E-state index is -1.05. The number of aliphatic hydroxyl groups excluding tert-OH is 2. The van der Waals surface area contributed by atoms with Gasteiger partial charge in [-0.25, -0.2) is 9.97 Å². The van der Waals surface area contributed by atoms with Crippen LogP contribution in [0.2, 0.25) is 0 Å². The van der Waals surface area contributed by atoms with Crippen LogP contribution in [0.15, 0.2) is 30.6 Å². The van der Waals surface area contributed by atoms with Gasteiger partial charge < -0.3 is 29.1 Å². The number of aromatic nitrogens is 4. The van der Waals surface area contributed by atoms with Crippen molar-refractivity contribution in [2.45, 2.75) is 32.9 Å². The molecule has 0 bridgehead atoms. The summed E-state index contributed by atoms with van der Waals surface area (Å²) in [5, 5.41) is 20.6. The van der Waals surface area contributed by atoms with E-state index in [4.69, 9.17) is 9.47 Å². The first kappa shape index (κ1) is 24.2. The minimum absolute atomic E-state index is 0.108. The molecule has 2 atom stereocenters. The zero-order valence-electron chi connectivity index (χ0n) is 19.3. The molecule has 4 rings (SSSR count). The zero-order valence-corrected chi connectivity index (χ0v) is 20.1. The van der Waals surface area contributed by atoms with Crippen molar-refractivity contribution in [3.05, 3.63) is 36.2 Å². The van der Waals surface area contributed by atoms with Crippen LogP contribution in [0.5, 0.6) is 11.6 Å². The van der Waals surface area contributed by atoms with Crippen LogP contribution in [0, 0.1) is 0 Å². The molecule has 3 heterocycles. The van der Waals surface area contributed by atoms with Crippen molar-refractivity contribution < 1.29 is 24.2 Å². The highest BCUT2D eigenvalue weighted by Crippen LogP contribution is 2.32. The molecule has 3 aromatic rings. The molecule has 1 aromatic carbocycles. The van der Waals surface area contributed by atoms with Gasteiger partial charge in [-0.2, -0.15) is 9.97 Å². The van der Waals surface area contributed by atoms with Crippen LogP contribution in [0.1, 0.15) is 19.4 Å². The fourth-order valence-corrected chi connectivity index (χ4v) is 4.86. The highest BCUT2D eigenvalue weighted by Gasteiger charge is 2.28. The largest absolute Gasteiger partial charge is 0.616 e. The summed E-state index contributed by atoms with van der Waals surface area (Å²) in [6.07, 6.45) is -0.723. The number of nitrogens with zero attached hydrogens (tertiary/aromatic N) is 6. The van der Waals surface area contributed by atoms with Gasteiger partial charge in [0.2, 0.25) is 11.8 Å². The van der Waals surface area contributed by atoms with Crippen LogP contribution < -0.4 is 19.3 Å². The predicted molar refractivity (Wildman–Crippen MR) is 128 cm³/mol. The maximum atomic E-state index is 11.9. The molecule has 2 aromatic heterocycles. The van der Waals surface area contributed by atoms with Crippen molar-refractivity contribution >= 4 is 34.0 Å². The molecule has 1 fully saturated rings. The Morgan fingerprint density at radius 3 is 2.47 bits per heavy atom. The maximum absolute atomic E-state index is 11.9. The van der Waals surface area contributed by atoms with E-state index in [9.17, 15) is 14.8 Å². The number of fused-ring (bicyclic) bond motifs is 1. The summed E-state index contributed by atoms with van der Waals surface area (Å²) >= 11 is -0.874. The second-order valence-electron chi connectivity index (χ2n) is 7.83. The van der Waals surface area contributed by atoms with Crippen molar-refractivity contribution in [1.29, 1.82) is 0 Å². The van der Waals surface area contributed by atoms with Crippen molar-refractivity contribution in [2.75, 3.05) is 41.5 Å². The third-order valence-electron chi connectivity index (χ3n) is 5.49. The Bertz CT molecular complexity index is 1120. The van der Waals surface area contributed by atoms with Gasteiger partial charge in [-0.15, -0.1) is 0 Å². The number of aliphatic hydroxyl groups is 2. The number of rotatable bonds is 8. The lowest BCUT2D eigenvalue weighted by atomic mass is 10.2. The van der Waals surface area contributed by atoms with Gasteiger partial charge in [-0.1, -0.05) is 29.4 Å². The Morgan fingerprint density at radius 2 is 1.79 bits per heavy atom. The van der Waals surface area contributed by atoms with Crippen LogP contribution >= 0.6 is 0 Å². The molecule has 0 saturated carbocycles. The summed E-state index contributed by atoms with van der Waals surface area (Å²) in [4.78, 5) is 21.2. The van der Waals surface area contributed by atoms with E-state index in [1.165, 1.54) is 25.1 Å². The lowest BCUT2D eigenvalue weighted by molar-refractivity contribution is 0.103. The molecule has 2 N–H and O–H groups in total. The van der Waals surface area contributed by atoms with Gasteiger partial charge in [0.05, 0.1) is 20.2 Å². The standard InChI is InChI=1S/C22H28N6O5S/c1-14(29)28(15(2)30)22-25-19-18(20(26-22)27-8-10-34(31)11-9-27)23-13-24-21(19)33-12-16-6-4-5-7-17(16)32-3/h4-7,13-15,29-30H,8-12H2,1-3H3. The Labute approximate surface area is 200 Å². The van der Waals surface area contributed by atoms with E-state index >= 15 is 0 Å². The van der Waals surface area contributed by atoms with Crippen LogP contribution in [-0.2, 0) is 17.8 Å². The molecule has 0 amide bonds. The number of hydrogen-bond donors (Lipinski definition) is 2. The molecule has 2 unspecified atom stereocenters. The van der Waals surface area contributed by atoms with E-state index < -0.39 is 23.6 Å². The number of ether oxygens (including phenoxy) is 2. The first-order chi connectivity index (χ1) is 16.4. The normalized spacial score (nSPS) is 16.4. The first-order valence-electron chi connectivity index (χ1n) is 10.9. The van der Waals surface area contributed by atoms with Crippen molar-refractivity contribution in [3.8, 4) is 11.6 Å². The molecule has 1 aliphatic rings. The van der Waals surface area contributed by atoms with Gasteiger partial charge in [0, 0.05) is 5.56 Å². The monoisotopic (exact) mass is 488 g/mol. The molecular weight excluding hydrogens is 460 g/mol.